The summed E-state index contributed by atoms with van der Waals surface area (Å²) in [6.07, 6.45) is 8.16. The number of ether oxygens (including phenoxy) is 1. The first-order chi connectivity index (χ1) is 36.2. The number of anilines is 2. The van der Waals surface area contributed by atoms with E-state index in [1.54, 1.807) is 44.7 Å². The molecule has 0 radical (unpaired) electrons. The van der Waals surface area contributed by atoms with Crippen LogP contribution in [0.25, 0.3) is 10.4 Å². The van der Waals surface area contributed by atoms with Crippen LogP contribution in [0, 0.1) is 23.7 Å². The number of aliphatic hydroxyl groups excluding tert-OH is 1. The Labute approximate surface area is 458 Å². The molecule has 3 atom stereocenters. The van der Waals surface area contributed by atoms with Crippen LogP contribution in [0.2, 0.25) is 5.02 Å². The largest absolute Gasteiger partial charge is 0.493 e. The van der Waals surface area contributed by atoms with E-state index in [9.17, 15) is 33.5 Å². The maximum Gasteiger partial charge on any atom is 0.258 e. The zero-order chi connectivity index (χ0) is 54.4. The molecule has 2 aromatic carbocycles. The van der Waals surface area contributed by atoms with Gasteiger partial charge >= 0.3 is 0 Å². The van der Waals surface area contributed by atoms with Crippen LogP contribution < -0.4 is 31.3 Å². The number of β-amino-alcohol motifs (C(OH)–C–C–N with tert-alkyl or cyclic N) is 1. The second-order valence-electron chi connectivity index (χ2n) is 22.2. The molecule has 4 aliphatic rings. The average molecular weight is 1100 g/mol. The number of nitrogens with zero attached hydrogens (tertiary/aromatic N) is 6. The molecular weight excluding hydrogens is 1030 g/mol. The summed E-state index contributed by atoms with van der Waals surface area (Å²) in [5, 5.41) is 20.3. The number of aromatic nitrogens is 3. The molecule has 0 bridgehead atoms. The SMILES string of the molecule is Cc1ncsc1-c1ccc(CNC(=O)[C@@H]2C[C@@H](O)CN2C(=O)[C@@H](NC(=O)C2(F)CC2)C(C)(C)C)c(OCCCC(=O)N2CCC(CCC(=O)Nc3cccc(Sc4cnc(N5CCC(C)(CN)CC5)cn4)c3Cl)CC2)c1. The quantitative estimate of drug-likeness (QED) is 0.0536. The van der Waals surface area contributed by atoms with Crippen LogP contribution >= 0.6 is 34.7 Å². The average Bonchev–Trinajstić information content (AvgIpc) is 3.82. The summed E-state index contributed by atoms with van der Waals surface area (Å²) < 4.78 is 21.0. The molecule has 4 aromatic rings. The van der Waals surface area contributed by atoms with Crippen molar-refractivity contribution < 1.29 is 38.2 Å². The molecule has 21 heteroatoms. The summed E-state index contributed by atoms with van der Waals surface area (Å²) in [7, 11) is 0. The lowest BCUT2D eigenvalue weighted by Crippen LogP contribution is -2.59. The van der Waals surface area contributed by atoms with Crippen molar-refractivity contribution in [3.8, 4) is 16.2 Å². The van der Waals surface area contributed by atoms with Gasteiger partial charge in [0.05, 0.1) is 51.9 Å². The number of aliphatic hydroxyl groups is 1. The fourth-order valence-corrected chi connectivity index (χ4v) is 11.8. The molecule has 5 amide bonds. The number of hydrogen-bond donors (Lipinski definition) is 5. The maximum absolute atomic E-state index is 14.7. The smallest absolute Gasteiger partial charge is 0.258 e. The Kier molecular flexibility index (Phi) is 18.3. The number of hydrogen-bond acceptors (Lipinski definition) is 14. The van der Waals surface area contributed by atoms with E-state index in [1.165, 1.54) is 28.0 Å². The minimum absolute atomic E-state index is 0.000534. The van der Waals surface area contributed by atoms with E-state index in [0.717, 1.165) is 65.6 Å². The van der Waals surface area contributed by atoms with Crippen molar-refractivity contribution in [3.05, 3.63) is 70.6 Å². The summed E-state index contributed by atoms with van der Waals surface area (Å²) >= 11 is 9.70. The van der Waals surface area contributed by atoms with Gasteiger partial charge in [-0.1, -0.05) is 69.3 Å². The Hall–Kier alpha value is -5.41. The zero-order valence-corrected chi connectivity index (χ0v) is 46.6. The van der Waals surface area contributed by atoms with Crippen LogP contribution in [0.15, 0.2) is 64.2 Å². The fraction of sp³-hybridized carbons (Fsp3) is 0.564. The van der Waals surface area contributed by atoms with Crippen LogP contribution in [-0.4, -0.2) is 129 Å². The first-order valence-corrected chi connectivity index (χ1v) is 28.5. The number of likely N-dealkylation sites (tertiary alicyclic amines) is 2. The zero-order valence-electron chi connectivity index (χ0n) is 44.2. The van der Waals surface area contributed by atoms with Gasteiger partial charge in [0.1, 0.15) is 28.7 Å². The van der Waals surface area contributed by atoms with Crippen molar-refractivity contribution in [2.24, 2.45) is 22.5 Å². The first-order valence-electron chi connectivity index (χ1n) is 26.5. The number of piperidine rings is 2. The number of amides is 5. The molecule has 17 nitrogen and oxygen atoms in total. The summed E-state index contributed by atoms with van der Waals surface area (Å²) in [5.41, 5.74) is 8.10. The number of rotatable bonds is 20. The second-order valence-corrected chi connectivity index (χ2v) is 24.5. The van der Waals surface area contributed by atoms with Gasteiger partial charge in [0.15, 0.2) is 5.67 Å². The molecular formula is C55H72ClFN10O7S2. The molecule has 0 unspecified atom stereocenters. The van der Waals surface area contributed by atoms with E-state index in [1.807, 2.05) is 42.2 Å². The molecule has 76 heavy (non-hydrogen) atoms. The molecule has 3 aliphatic heterocycles. The number of alkyl halides is 1. The van der Waals surface area contributed by atoms with Crippen LogP contribution in [0.5, 0.6) is 5.75 Å². The number of benzene rings is 2. The number of nitrogens with one attached hydrogen (secondary N) is 3. The topological polar surface area (TPSA) is 225 Å². The van der Waals surface area contributed by atoms with Crippen LogP contribution in [0.3, 0.4) is 0 Å². The van der Waals surface area contributed by atoms with Crippen molar-refractivity contribution in [2.45, 2.75) is 146 Å². The Morgan fingerprint density at radius 3 is 2.42 bits per heavy atom. The summed E-state index contributed by atoms with van der Waals surface area (Å²) in [4.78, 5) is 88.0. The predicted molar refractivity (Wildman–Crippen MR) is 293 cm³/mol. The minimum atomic E-state index is -1.99. The molecule has 4 fully saturated rings. The Bertz CT molecular complexity index is 2720. The van der Waals surface area contributed by atoms with E-state index < -0.39 is 47.0 Å². The highest BCUT2D eigenvalue weighted by atomic mass is 35.5. The third-order valence-corrected chi connectivity index (χ3v) is 17.7. The van der Waals surface area contributed by atoms with Gasteiger partial charge in [-0.05, 0) is 105 Å². The predicted octanol–water partition coefficient (Wildman–Crippen LogP) is 7.71. The van der Waals surface area contributed by atoms with Gasteiger partial charge in [0, 0.05) is 69.0 Å². The normalized spacial score (nSPS) is 19.7. The van der Waals surface area contributed by atoms with Gasteiger partial charge in [0.25, 0.3) is 5.91 Å². The van der Waals surface area contributed by atoms with Crippen LogP contribution in [0.4, 0.5) is 15.9 Å². The van der Waals surface area contributed by atoms with Gasteiger partial charge in [0.2, 0.25) is 23.6 Å². The lowest BCUT2D eigenvalue weighted by molar-refractivity contribution is -0.145. The van der Waals surface area contributed by atoms with E-state index in [2.05, 4.69) is 42.7 Å². The van der Waals surface area contributed by atoms with Gasteiger partial charge in [-0.2, -0.15) is 0 Å². The van der Waals surface area contributed by atoms with Gasteiger partial charge < -0.3 is 46.2 Å². The summed E-state index contributed by atoms with van der Waals surface area (Å²) in [6, 6.07) is 9.09. The number of thiazole rings is 1. The number of aryl methyl sites for hydroxylation is 1. The molecule has 5 heterocycles. The van der Waals surface area contributed by atoms with E-state index in [0.29, 0.717) is 71.9 Å². The molecule has 6 N–H and O–H groups in total. The second kappa shape index (κ2) is 24.5. The third-order valence-electron chi connectivity index (χ3n) is 15.3. The van der Waals surface area contributed by atoms with Gasteiger partial charge in [-0.3, -0.25) is 24.0 Å². The number of carbonyl (C=O) groups is 5. The lowest BCUT2D eigenvalue weighted by atomic mass is 9.80. The Morgan fingerprint density at radius 2 is 1.76 bits per heavy atom. The highest BCUT2D eigenvalue weighted by Gasteiger charge is 2.53. The molecule has 8 rings (SSSR count). The van der Waals surface area contributed by atoms with Gasteiger partial charge in [-0.25, -0.2) is 19.3 Å². The fourth-order valence-electron chi connectivity index (χ4n) is 9.96. The van der Waals surface area contributed by atoms with Crippen molar-refractivity contribution in [1.82, 2.24) is 35.4 Å². The van der Waals surface area contributed by atoms with Gasteiger partial charge in [-0.15, -0.1) is 11.3 Å². The van der Waals surface area contributed by atoms with Crippen molar-refractivity contribution in [1.29, 1.82) is 0 Å². The maximum atomic E-state index is 14.7. The first kappa shape index (κ1) is 56.8. The molecule has 3 saturated heterocycles. The van der Waals surface area contributed by atoms with E-state index in [4.69, 9.17) is 22.1 Å². The standard InChI is InChI=1S/C55H72ClFN10O7S2/c1-34-48(75-33-62-34)36-12-13-37(28-61-50(71)40-27-38(68)31-67(40)51(72)49(53(2,3)4)64-52(73)55(57)17-18-55)41(26-36)74-25-7-10-46(70)66-21-15-35(16-22-66)11-14-44(69)63-39-8-6-9-42(47(39)56)76-45-30-59-43(29-60-45)65-23-19-54(5,32-58)20-24-65/h6,8-9,12-13,26,29-30,33,35,38,40,49,68H,7,10-11,14-25,27-28,31-32,58H2,1-5H3,(H,61,71)(H,63,69)(H,64,73)/t38-,40+,49-/m1/s1. The molecule has 1 aliphatic carbocycles. The number of carbonyl (C=O) groups excluding carboxylic acids is 5. The molecule has 410 valence electrons. The Balaban J connectivity index is 0.781. The van der Waals surface area contributed by atoms with E-state index in [-0.39, 0.29) is 62.6 Å². The van der Waals surface area contributed by atoms with E-state index >= 15 is 0 Å². The van der Waals surface area contributed by atoms with Crippen molar-refractivity contribution >= 4 is 75.7 Å². The number of nitrogens with two attached hydrogens (primary N) is 1. The Morgan fingerprint density at radius 1 is 1.01 bits per heavy atom. The third kappa shape index (κ3) is 14.2. The summed E-state index contributed by atoms with van der Waals surface area (Å²) in [6.45, 7) is 13.3. The molecule has 1 saturated carbocycles. The highest BCUT2D eigenvalue weighted by molar-refractivity contribution is 7.99. The van der Waals surface area contributed by atoms with Crippen molar-refractivity contribution in [2.75, 3.05) is 56.1 Å². The monoisotopic (exact) mass is 1100 g/mol. The van der Waals surface area contributed by atoms with Crippen LogP contribution in [0.1, 0.15) is 110 Å². The van der Waals surface area contributed by atoms with Crippen LogP contribution in [-0.2, 0) is 30.5 Å². The molecule has 2 aromatic heterocycles. The highest BCUT2D eigenvalue weighted by Crippen LogP contribution is 2.41. The minimum Gasteiger partial charge on any atom is -0.493 e. The lowest BCUT2D eigenvalue weighted by Gasteiger charge is -2.39. The number of halogens is 2. The van der Waals surface area contributed by atoms with Crippen molar-refractivity contribution in [3.63, 3.8) is 0 Å². The molecule has 0 spiro atoms. The summed E-state index contributed by atoms with van der Waals surface area (Å²) in [5.74, 6) is -0.312.